The van der Waals surface area contributed by atoms with Crippen molar-refractivity contribution in [1.29, 1.82) is 0 Å². The summed E-state index contributed by atoms with van der Waals surface area (Å²) in [6.07, 6.45) is -0.121. The van der Waals surface area contributed by atoms with Gasteiger partial charge in [0.1, 0.15) is 17.6 Å². The highest BCUT2D eigenvalue weighted by Gasteiger charge is 2.28. The van der Waals surface area contributed by atoms with E-state index in [4.69, 9.17) is 18.7 Å². The lowest BCUT2D eigenvalue weighted by Gasteiger charge is -2.24. The fourth-order valence-electron chi connectivity index (χ4n) is 3.56. The predicted octanol–water partition coefficient (Wildman–Crippen LogP) is 3.67. The second-order valence-electron chi connectivity index (χ2n) is 6.99. The summed E-state index contributed by atoms with van der Waals surface area (Å²) in [5.41, 5.74) is 3.14. The topological polar surface area (TPSA) is 97.3 Å². The van der Waals surface area contributed by atoms with Gasteiger partial charge in [-0.05, 0) is 36.8 Å². The Bertz CT molecular complexity index is 1180. The molecule has 31 heavy (non-hydrogen) atoms. The minimum Gasteiger partial charge on any atom is -0.497 e. The molecule has 0 saturated carbocycles. The van der Waals surface area contributed by atoms with E-state index in [9.17, 15) is 0 Å². The van der Waals surface area contributed by atoms with Crippen molar-refractivity contribution in [3.8, 4) is 34.5 Å². The van der Waals surface area contributed by atoms with Crippen LogP contribution in [0.4, 0.5) is 0 Å². The van der Waals surface area contributed by atoms with Gasteiger partial charge >= 0.3 is 0 Å². The van der Waals surface area contributed by atoms with E-state index < -0.39 is 0 Å². The zero-order valence-corrected chi connectivity index (χ0v) is 17.2. The molecule has 0 unspecified atom stereocenters. The zero-order chi connectivity index (χ0) is 21.2. The van der Waals surface area contributed by atoms with Gasteiger partial charge in [0, 0.05) is 0 Å². The Kier molecular flexibility index (Phi) is 5.09. The maximum Gasteiger partial charge on any atom is 0.280 e. The molecular formula is C22H21N5O4. The lowest BCUT2D eigenvalue weighted by atomic mass is 10.1. The molecule has 1 aliphatic rings. The molecule has 0 N–H and O–H groups in total. The van der Waals surface area contributed by atoms with Crippen LogP contribution >= 0.6 is 0 Å². The molecule has 0 radical (unpaired) electrons. The largest absolute Gasteiger partial charge is 0.497 e. The van der Waals surface area contributed by atoms with E-state index in [0.717, 1.165) is 22.6 Å². The minimum absolute atomic E-state index is 0.121. The SMILES string of the molecule is CCOc1ccccc1-c1noc(-c2nnn3c2CO[C@H](c2ccc(OC)cc2)C3)n1. The third-order valence-electron chi connectivity index (χ3n) is 5.14. The third-order valence-corrected chi connectivity index (χ3v) is 5.14. The number of para-hydroxylation sites is 1. The molecule has 1 aliphatic heterocycles. The van der Waals surface area contributed by atoms with Gasteiger partial charge in [-0.1, -0.05) is 34.6 Å². The standard InChI is InChI=1S/C22H21N5O4/c1-3-29-18-7-5-4-6-16(18)21-23-22(31-25-21)20-17-13-30-19(12-27(17)26-24-20)14-8-10-15(28-2)11-9-14/h4-11,19H,3,12-13H2,1-2H3/t19-/m0/s1. The van der Waals surface area contributed by atoms with E-state index in [2.05, 4.69) is 20.5 Å². The van der Waals surface area contributed by atoms with Crippen LogP contribution in [0.15, 0.2) is 53.1 Å². The molecule has 0 bridgehead atoms. The van der Waals surface area contributed by atoms with Gasteiger partial charge in [0.2, 0.25) is 5.82 Å². The molecule has 9 heteroatoms. The second kappa shape index (κ2) is 8.19. The molecule has 2 aromatic heterocycles. The van der Waals surface area contributed by atoms with Crippen LogP contribution in [0.1, 0.15) is 24.3 Å². The van der Waals surface area contributed by atoms with Crippen LogP contribution in [0.3, 0.4) is 0 Å². The number of aromatic nitrogens is 5. The Hall–Kier alpha value is -3.72. The van der Waals surface area contributed by atoms with Crippen molar-refractivity contribution in [3.05, 3.63) is 59.8 Å². The molecular weight excluding hydrogens is 398 g/mol. The molecule has 9 nitrogen and oxygen atoms in total. The number of methoxy groups -OCH3 is 1. The Morgan fingerprint density at radius 1 is 1.13 bits per heavy atom. The molecule has 0 aliphatic carbocycles. The molecule has 5 rings (SSSR count). The lowest BCUT2D eigenvalue weighted by Crippen LogP contribution is -2.22. The van der Waals surface area contributed by atoms with Crippen molar-refractivity contribution >= 4 is 0 Å². The summed E-state index contributed by atoms with van der Waals surface area (Å²) in [6.45, 7) is 3.36. The van der Waals surface area contributed by atoms with Crippen molar-refractivity contribution in [2.45, 2.75) is 26.2 Å². The van der Waals surface area contributed by atoms with E-state index in [1.807, 2.05) is 60.1 Å². The van der Waals surface area contributed by atoms with E-state index in [-0.39, 0.29) is 6.10 Å². The maximum absolute atomic E-state index is 6.08. The number of rotatable bonds is 6. The smallest absolute Gasteiger partial charge is 0.280 e. The minimum atomic E-state index is -0.121. The normalized spacial score (nSPS) is 15.5. The average Bonchev–Trinajstić information content (AvgIpc) is 3.46. The maximum atomic E-state index is 6.08. The van der Waals surface area contributed by atoms with Crippen LogP contribution in [-0.4, -0.2) is 38.9 Å². The predicted molar refractivity (Wildman–Crippen MR) is 110 cm³/mol. The fourth-order valence-corrected chi connectivity index (χ4v) is 3.56. The third kappa shape index (κ3) is 3.64. The van der Waals surface area contributed by atoms with Crippen LogP contribution in [0.5, 0.6) is 11.5 Å². The van der Waals surface area contributed by atoms with E-state index in [1.54, 1.807) is 7.11 Å². The highest BCUT2D eigenvalue weighted by Crippen LogP contribution is 2.33. The number of fused-ring (bicyclic) bond motifs is 1. The molecule has 4 aromatic rings. The van der Waals surface area contributed by atoms with Gasteiger partial charge in [0.25, 0.3) is 5.89 Å². The van der Waals surface area contributed by atoms with Gasteiger partial charge in [-0.25, -0.2) is 4.68 Å². The molecule has 0 fully saturated rings. The van der Waals surface area contributed by atoms with Gasteiger partial charge in [-0.3, -0.25) is 0 Å². The monoisotopic (exact) mass is 419 g/mol. The summed E-state index contributed by atoms with van der Waals surface area (Å²) in [5.74, 6) is 2.25. The summed E-state index contributed by atoms with van der Waals surface area (Å²) in [6, 6.07) is 15.4. The molecule has 0 saturated heterocycles. The molecule has 0 amide bonds. The summed E-state index contributed by atoms with van der Waals surface area (Å²) < 4.78 is 24.3. The molecule has 158 valence electrons. The first kappa shape index (κ1) is 19.3. The van der Waals surface area contributed by atoms with Gasteiger partial charge in [0.05, 0.1) is 38.1 Å². The molecule has 3 heterocycles. The van der Waals surface area contributed by atoms with Gasteiger partial charge in [-0.15, -0.1) is 5.10 Å². The van der Waals surface area contributed by atoms with Gasteiger partial charge < -0.3 is 18.7 Å². The highest BCUT2D eigenvalue weighted by atomic mass is 16.5. The number of hydrogen-bond donors (Lipinski definition) is 0. The summed E-state index contributed by atoms with van der Waals surface area (Å²) in [4.78, 5) is 4.53. The van der Waals surface area contributed by atoms with Crippen LogP contribution in [0.2, 0.25) is 0 Å². The van der Waals surface area contributed by atoms with E-state index in [1.165, 1.54) is 0 Å². The van der Waals surface area contributed by atoms with E-state index in [0.29, 0.717) is 42.9 Å². The summed E-state index contributed by atoms with van der Waals surface area (Å²) in [5, 5.41) is 12.7. The molecule has 1 atom stereocenters. The van der Waals surface area contributed by atoms with Crippen LogP contribution < -0.4 is 9.47 Å². The lowest BCUT2D eigenvalue weighted by molar-refractivity contribution is -0.00119. The van der Waals surface area contributed by atoms with Crippen molar-refractivity contribution < 1.29 is 18.7 Å². The van der Waals surface area contributed by atoms with Crippen molar-refractivity contribution in [1.82, 2.24) is 25.1 Å². The van der Waals surface area contributed by atoms with Gasteiger partial charge in [0.15, 0.2) is 5.69 Å². The van der Waals surface area contributed by atoms with Crippen LogP contribution in [0, 0.1) is 0 Å². The summed E-state index contributed by atoms with van der Waals surface area (Å²) in [7, 11) is 1.65. The van der Waals surface area contributed by atoms with Crippen LogP contribution in [-0.2, 0) is 17.9 Å². The van der Waals surface area contributed by atoms with Crippen LogP contribution in [0.25, 0.3) is 23.0 Å². The molecule has 2 aromatic carbocycles. The Morgan fingerprint density at radius 3 is 2.77 bits per heavy atom. The number of hydrogen-bond acceptors (Lipinski definition) is 8. The number of nitrogens with zero attached hydrogens (tertiary/aromatic N) is 5. The van der Waals surface area contributed by atoms with E-state index >= 15 is 0 Å². The highest BCUT2D eigenvalue weighted by molar-refractivity contribution is 5.65. The average molecular weight is 419 g/mol. The number of benzene rings is 2. The first-order valence-corrected chi connectivity index (χ1v) is 10.0. The first-order valence-electron chi connectivity index (χ1n) is 10.0. The zero-order valence-electron chi connectivity index (χ0n) is 17.2. The second-order valence-corrected chi connectivity index (χ2v) is 6.99. The summed E-state index contributed by atoms with van der Waals surface area (Å²) >= 11 is 0. The Labute approximate surface area is 178 Å². The Balaban J connectivity index is 1.39. The first-order chi connectivity index (χ1) is 15.3. The quantitative estimate of drug-likeness (QED) is 0.467. The van der Waals surface area contributed by atoms with Crippen molar-refractivity contribution in [2.75, 3.05) is 13.7 Å². The van der Waals surface area contributed by atoms with Crippen molar-refractivity contribution in [3.63, 3.8) is 0 Å². The molecule has 0 spiro atoms. The fraction of sp³-hybridized carbons (Fsp3) is 0.273. The van der Waals surface area contributed by atoms with Gasteiger partial charge in [-0.2, -0.15) is 4.98 Å². The number of ether oxygens (including phenoxy) is 3. The van der Waals surface area contributed by atoms with Crippen molar-refractivity contribution in [2.24, 2.45) is 0 Å². The Morgan fingerprint density at radius 2 is 1.97 bits per heavy atom.